The third-order valence-electron chi connectivity index (χ3n) is 7.13. The molecule has 1 atom stereocenters. The summed E-state index contributed by atoms with van der Waals surface area (Å²) in [4.78, 5) is 40.8. The predicted octanol–water partition coefficient (Wildman–Crippen LogP) is 6.91. The number of nitrogens with zero attached hydrogens (tertiary/aromatic N) is 2. The van der Waals surface area contributed by atoms with E-state index in [1.54, 1.807) is 6.08 Å². The second-order valence-electron chi connectivity index (χ2n) is 9.88. The molecule has 0 saturated carbocycles. The number of imide groups is 1. The van der Waals surface area contributed by atoms with Crippen LogP contribution in [0.5, 0.6) is 0 Å². The second-order valence-corrected chi connectivity index (χ2v) is 10.9. The number of para-hydroxylation sites is 1. The number of fused-ring (bicyclic) bond motifs is 2. The molecular weight excluding hydrogens is 518 g/mol. The lowest BCUT2D eigenvalue weighted by atomic mass is 10.1. The summed E-state index contributed by atoms with van der Waals surface area (Å²) in [6.07, 6.45) is 3.63. The zero-order chi connectivity index (χ0) is 27.6. The number of aromatic nitrogens is 1. The summed E-state index contributed by atoms with van der Waals surface area (Å²) in [5.74, 6) is -0.422. The van der Waals surface area contributed by atoms with E-state index in [1.807, 2.05) is 115 Å². The van der Waals surface area contributed by atoms with Gasteiger partial charge in [-0.25, -0.2) is 0 Å². The van der Waals surface area contributed by atoms with Crippen molar-refractivity contribution < 1.29 is 14.4 Å². The van der Waals surface area contributed by atoms with Gasteiger partial charge in [0.25, 0.3) is 11.1 Å². The van der Waals surface area contributed by atoms with Gasteiger partial charge in [-0.15, -0.1) is 0 Å². The van der Waals surface area contributed by atoms with E-state index in [2.05, 4.69) is 5.32 Å². The van der Waals surface area contributed by atoms with Gasteiger partial charge in [-0.1, -0.05) is 84.9 Å². The fourth-order valence-electron chi connectivity index (χ4n) is 5.09. The summed E-state index contributed by atoms with van der Waals surface area (Å²) in [6.45, 7) is 2.31. The number of carbonyl (C=O) groups excluding carboxylic acids is 3. The summed E-state index contributed by atoms with van der Waals surface area (Å²) < 4.78 is 1.88. The van der Waals surface area contributed by atoms with Crippen LogP contribution >= 0.6 is 11.8 Å². The van der Waals surface area contributed by atoms with Gasteiger partial charge in [-0.05, 0) is 58.8 Å². The van der Waals surface area contributed by atoms with Crippen LogP contribution in [-0.2, 0) is 22.7 Å². The fourth-order valence-corrected chi connectivity index (χ4v) is 5.91. The molecule has 1 aromatic heterocycles. The number of hydrogen-bond donors (Lipinski definition) is 1. The first kappa shape index (κ1) is 25.6. The highest BCUT2D eigenvalue weighted by atomic mass is 32.2. The third kappa shape index (κ3) is 5.16. The van der Waals surface area contributed by atoms with Crippen LogP contribution in [-0.4, -0.2) is 26.5 Å². The molecule has 0 aliphatic carbocycles. The fraction of sp³-hybridized carbons (Fsp3) is 0.121. The highest BCUT2D eigenvalue weighted by Crippen LogP contribution is 2.35. The molecule has 1 fully saturated rings. The Kier molecular flexibility index (Phi) is 6.97. The summed E-state index contributed by atoms with van der Waals surface area (Å²) in [5.41, 5.74) is 3.60. The van der Waals surface area contributed by atoms with Crippen molar-refractivity contribution in [3.8, 4) is 0 Å². The summed E-state index contributed by atoms with van der Waals surface area (Å²) in [7, 11) is 0. The topological polar surface area (TPSA) is 71.4 Å². The lowest BCUT2D eigenvalue weighted by molar-refractivity contribution is -0.123. The van der Waals surface area contributed by atoms with E-state index in [9.17, 15) is 14.4 Å². The van der Waals surface area contributed by atoms with Crippen LogP contribution in [0.15, 0.2) is 108 Å². The molecule has 0 radical (unpaired) electrons. The normalized spacial score (nSPS) is 15.3. The van der Waals surface area contributed by atoms with Crippen molar-refractivity contribution in [2.24, 2.45) is 0 Å². The molecule has 1 aliphatic heterocycles. The van der Waals surface area contributed by atoms with Gasteiger partial charge in [-0.2, -0.15) is 0 Å². The minimum absolute atomic E-state index is 0.112. The van der Waals surface area contributed by atoms with Crippen molar-refractivity contribution in [2.45, 2.75) is 26.1 Å². The molecular formula is C33H27N3O3S. The lowest BCUT2D eigenvalue weighted by Crippen LogP contribution is -2.29. The van der Waals surface area contributed by atoms with Crippen molar-refractivity contribution in [1.29, 1.82) is 0 Å². The zero-order valence-electron chi connectivity index (χ0n) is 21.9. The van der Waals surface area contributed by atoms with Gasteiger partial charge in [0.05, 0.1) is 17.5 Å². The number of hydrogen-bond acceptors (Lipinski definition) is 4. The van der Waals surface area contributed by atoms with E-state index in [1.165, 1.54) is 4.90 Å². The van der Waals surface area contributed by atoms with E-state index >= 15 is 0 Å². The molecule has 1 saturated heterocycles. The van der Waals surface area contributed by atoms with Crippen LogP contribution in [0.4, 0.5) is 4.79 Å². The molecule has 7 heteroatoms. The Morgan fingerprint density at radius 2 is 1.62 bits per heavy atom. The Balaban J connectivity index is 1.22. The Morgan fingerprint density at radius 3 is 2.45 bits per heavy atom. The largest absolute Gasteiger partial charge is 0.348 e. The Hall–Kier alpha value is -4.62. The molecule has 5 aromatic rings. The van der Waals surface area contributed by atoms with Crippen LogP contribution < -0.4 is 5.32 Å². The maximum Gasteiger partial charge on any atom is 0.293 e. The van der Waals surface area contributed by atoms with Gasteiger partial charge in [0.15, 0.2) is 0 Å². The zero-order valence-corrected chi connectivity index (χ0v) is 22.7. The molecule has 1 aliphatic rings. The van der Waals surface area contributed by atoms with Crippen molar-refractivity contribution in [1.82, 2.24) is 14.8 Å². The Morgan fingerprint density at radius 1 is 0.900 bits per heavy atom. The molecule has 1 unspecified atom stereocenters. The maximum absolute atomic E-state index is 13.3. The third-order valence-corrected chi connectivity index (χ3v) is 8.03. The number of rotatable bonds is 7. The van der Waals surface area contributed by atoms with E-state index in [0.29, 0.717) is 4.91 Å². The number of nitrogens with one attached hydrogen (secondary N) is 1. The molecule has 0 bridgehead atoms. The molecule has 2 heterocycles. The highest BCUT2D eigenvalue weighted by Gasteiger charge is 2.35. The van der Waals surface area contributed by atoms with Crippen LogP contribution in [0.3, 0.4) is 0 Å². The first-order valence-corrected chi connectivity index (χ1v) is 13.9. The van der Waals surface area contributed by atoms with Crippen molar-refractivity contribution >= 4 is 56.6 Å². The summed E-state index contributed by atoms with van der Waals surface area (Å²) >= 11 is 0.947. The van der Waals surface area contributed by atoms with E-state index in [4.69, 9.17) is 0 Å². The first-order chi connectivity index (χ1) is 19.5. The average Bonchev–Trinajstić information content (AvgIpc) is 3.44. The van der Waals surface area contributed by atoms with E-state index in [0.717, 1.165) is 50.1 Å². The van der Waals surface area contributed by atoms with E-state index in [-0.39, 0.29) is 36.2 Å². The molecule has 198 valence electrons. The number of thioether (sulfide) groups is 1. The van der Waals surface area contributed by atoms with Gasteiger partial charge in [-0.3, -0.25) is 19.3 Å². The summed E-state index contributed by atoms with van der Waals surface area (Å²) in [6, 6.07) is 31.4. The highest BCUT2D eigenvalue weighted by molar-refractivity contribution is 8.18. The smallest absolute Gasteiger partial charge is 0.293 e. The number of amides is 3. The average molecular weight is 546 g/mol. The molecule has 6 rings (SSSR count). The van der Waals surface area contributed by atoms with Crippen molar-refractivity contribution in [2.75, 3.05) is 0 Å². The molecule has 3 amide bonds. The number of carbonyl (C=O) groups is 3. The Labute approximate surface area is 236 Å². The standard InChI is InChI=1S/C33H27N3O3S/c1-22(24-9-3-2-4-10-24)34-31(37)21-35-20-27(28-13-7-8-14-29(28)35)18-30-32(38)36(33(39)40-30)19-23-15-16-25-11-5-6-12-26(25)17-23/h2-18,20,22H,19,21H2,1H3,(H,34,37)/b30-18-. The molecule has 1 N–H and O–H groups in total. The van der Waals surface area contributed by atoms with Gasteiger partial charge in [0.2, 0.25) is 5.91 Å². The molecule has 4 aromatic carbocycles. The van der Waals surface area contributed by atoms with Gasteiger partial charge < -0.3 is 9.88 Å². The van der Waals surface area contributed by atoms with Crippen LogP contribution in [0.25, 0.3) is 27.8 Å². The van der Waals surface area contributed by atoms with Crippen LogP contribution in [0.2, 0.25) is 0 Å². The lowest BCUT2D eigenvalue weighted by Gasteiger charge is -2.15. The van der Waals surface area contributed by atoms with Gasteiger partial charge in [0, 0.05) is 22.7 Å². The van der Waals surface area contributed by atoms with Gasteiger partial charge >= 0.3 is 0 Å². The molecule has 6 nitrogen and oxygen atoms in total. The molecule has 0 spiro atoms. The number of benzene rings is 4. The van der Waals surface area contributed by atoms with Gasteiger partial charge in [0.1, 0.15) is 6.54 Å². The van der Waals surface area contributed by atoms with Crippen LogP contribution in [0, 0.1) is 0 Å². The quantitative estimate of drug-likeness (QED) is 0.226. The minimum atomic E-state index is -0.311. The second kappa shape index (κ2) is 10.9. The monoisotopic (exact) mass is 545 g/mol. The van der Waals surface area contributed by atoms with Crippen molar-refractivity contribution in [3.05, 3.63) is 125 Å². The van der Waals surface area contributed by atoms with Crippen molar-refractivity contribution in [3.63, 3.8) is 0 Å². The van der Waals surface area contributed by atoms with E-state index < -0.39 is 0 Å². The minimum Gasteiger partial charge on any atom is -0.348 e. The summed E-state index contributed by atoms with van der Waals surface area (Å²) in [5, 5.41) is 5.86. The van der Waals surface area contributed by atoms with Crippen LogP contribution in [0.1, 0.15) is 29.7 Å². The predicted molar refractivity (Wildman–Crippen MR) is 160 cm³/mol. The first-order valence-electron chi connectivity index (χ1n) is 13.1. The maximum atomic E-state index is 13.3. The SMILES string of the molecule is CC(NC(=O)Cn1cc(/C=C2\SC(=O)N(Cc3ccc4ccccc4c3)C2=O)c2ccccc21)c1ccccc1. The molecule has 40 heavy (non-hydrogen) atoms. The Bertz CT molecular complexity index is 1790.